The molecule has 9 heteroatoms. The van der Waals surface area contributed by atoms with Crippen LogP contribution in [0.3, 0.4) is 0 Å². The number of nitrogens with zero attached hydrogens (tertiary/aromatic N) is 4. The normalized spacial score (nSPS) is 19.8. The van der Waals surface area contributed by atoms with Crippen LogP contribution < -0.4 is 10.7 Å². The van der Waals surface area contributed by atoms with Crippen LogP contribution in [0.5, 0.6) is 0 Å². The number of carbonyl (C=O) groups is 3. The molecule has 3 amide bonds. The van der Waals surface area contributed by atoms with Gasteiger partial charge in [0, 0.05) is 32.6 Å². The largest absolute Gasteiger partial charge is 0.444 e. The molecule has 0 radical (unpaired) electrons. The predicted molar refractivity (Wildman–Crippen MR) is 108 cm³/mol. The van der Waals surface area contributed by atoms with Gasteiger partial charge in [0.25, 0.3) is 5.91 Å². The third kappa shape index (κ3) is 4.85. The molecule has 0 aromatic heterocycles. The zero-order valence-electron chi connectivity index (χ0n) is 17.0. The van der Waals surface area contributed by atoms with E-state index in [1.54, 1.807) is 9.80 Å². The number of piperazine rings is 1. The van der Waals surface area contributed by atoms with Gasteiger partial charge >= 0.3 is 6.09 Å². The highest BCUT2D eigenvalue weighted by Crippen LogP contribution is 2.25. The van der Waals surface area contributed by atoms with Crippen LogP contribution >= 0.6 is 0 Å². The van der Waals surface area contributed by atoms with Crippen LogP contribution in [0, 0.1) is 0 Å². The van der Waals surface area contributed by atoms with Crippen molar-refractivity contribution in [2.45, 2.75) is 38.8 Å². The molecule has 0 aliphatic carbocycles. The number of hydrazone groups is 1. The number of hydrogen-bond acceptors (Lipinski definition) is 6. The molecule has 9 nitrogen and oxygen atoms in total. The first-order valence-electron chi connectivity index (χ1n) is 9.64. The lowest BCUT2D eigenvalue weighted by atomic mass is 10.1. The van der Waals surface area contributed by atoms with Crippen molar-refractivity contribution in [2.24, 2.45) is 10.8 Å². The molecule has 156 valence electrons. The summed E-state index contributed by atoms with van der Waals surface area (Å²) in [5, 5.41) is 5.90. The van der Waals surface area contributed by atoms with Crippen molar-refractivity contribution in [1.29, 1.82) is 0 Å². The average molecular weight is 401 g/mol. The summed E-state index contributed by atoms with van der Waals surface area (Å²) in [6.07, 6.45) is -0.221. The summed E-state index contributed by atoms with van der Waals surface area (Å²) in [5.41, 5.74) is 5.97. The zero-order chi connectivity index (χ0) is 21.2. The van der Waals surface area contributed by atoms with Gasteiger partial charge in [-0.2, -0.15) is 5.10 Å². The Labute approximate surface area is 170 Å². The predicted octanol–water partition coefficient (Wildman–Crippen LogP) is 1.19. The number of amides is 3. The average Bonchev–Trinajstić information content (AvgIpc) is 3.13. The van der Waals surface area contributed by atoms with Gasteiger partial charge < -0.3 is 20.3 Å². The second kappa shape index (κ2) is 8.10. The second-order valence-electron chi connectivity index (χ2n) is 8.11. The number of nitrogens with two attached hydrogens (primary N) is 1. The van der Waals surface area contributed by atoms with Crippen LogP contribution in [-0.2, 0) is 14.3 Å². The highest BCUT2D eigenvalue weighted by molar-refractivity contribution is 6.40. The van der Waals surface area contributed by atoms with Crippen molar-refractivity contribution in [2.75, 3.05) is 31.2 Å². The van der Waals surface area contributed by atoms with Crippen molar-refractivity contribution in [3.8, 4) is 0 Å². The molecule has 3 rings (SSSR count). The van der Waals surface area contributed by atoms with Crippen molar-refractivity contribution >= 4 is 29.3 Å². The second-order valence-corrected chi connectivity index (χ2v) is 8.11. The molecule has 1 atom stereocenters. The Bertz CT molecular complexity index is 810. The van der Waals surface area contributed by atoms with E-state index in [4.69, 9.17) is 10.5 Å². The van der Waals surface area contributed by atoms with E-state index in [0.717, 1.165) is 0 Å². The Morgan fingerprint density at radius 2 is 1.62 bits per heavy atom. The number of hydrogen-bond donors (Lipinski definition) is 1. The van der Waals surface area contributed by atoms with Crippen LogP contribution in [0.4, 0.5) is 10.5 Å². The Morgan fingerprint density at radius 1 is 1.03 bits per heavy atom. The van der Waals surface area contributed by atoms with Gasteiger partial charge in [-0.1, -0.05) is 18.2 Å². The summed E-state index contributed by atoms with van der Waals surface area (Å²) in [7, 11) is 0. The quantitative estimate of drug-likeness (QED) is 0.818. The maximum Gasteiger partial charge on any atom is 0.410 e. The van der Waals surface area contributed by atoms with E-state index in [2.05, 4.69) is 5.10 Å². The Morgan fingerprint density at radius 3 is 2.17 bits per heavy atom. The smallest absolute Gasteiger partial charge is 0.410 e. The van der Waals surface area contributed by atoms with Crippen molar-refractivity contribution in [1.82, 2.24) is 9.80 Å². The topological polar surface area (TPSA) is 109 Å². The number of rotatable bonds is 3. The molecule has 1 fully saturated rings. The Kier molecular flexibility index (Phi) is 5.76. The zero-order valence-corrected chi connectivity index (χ0v) is 17.0. The third-order valence-corrected chi connectivity index (χ3v) is 4.72. The fourth-order valence-electron chi connectivity index (χ4n) is 3.28. The first kappa shape index (κ1) is 20.6. The van der Waals surface area contributed by atoms with E-state index < -0.39 is 17.6 Å². The monoisotopic (exact) mass is 401 g/mol. The van der Waals surface area contributed by atoms with E-state index in [9.17, 15) is 14.4 Å². The molecule has 2 aliphatic rings. The molecule has 1 saturated heterocycles. The van der Waals surface area contributed by atoms with Crippen LogP contribution in [0.15, 0.2) is 35.4 Å². The molecule has 0 spiro atoms. The molecule has 1 aromatic carbocycles. The van der Waals surface area contributed by atoms with Crippen molar-refractivity contribution < 1.29 is 19.1 Å². The van der Waals surface area contributed by atoms with Gasteiger partial charge in [0.15, 0.2) is 0 Å². The summed E-state index contributed by atoms with van der Waals surface area (Å²) >= 11 is 0. The van der Waals surface area contributed by atoms with Gasteiger partial charge in [0.05, 0.1) is 5.69 Å². The molecule has 0 bridgehead atoms. The van der Waals surface area contributed by atoms with Gasteiger partial charge in [-0.3, -0.25) is 14.6 Å². The number of ether oxygens (including phenoxy) is 1. The van der Waals surface area contributed by atoms with Crippen molar-refractivity contribution in [3.05, 3.63) is 30.3 Å². The fourth-order valence-corrected chi connectivity index (χ4v) is 3.28. The molecule has 1 aromatic rings. The number of carbonyl (C=O) groups excluding carboxylic acids is 3. The van der Waals surface area contributed by atoms with Gasteiger partial charge in [-0.05, 0) is 32.9 Å². The number of anilines is 1. The summed E-state index contributed by atoms with van der Waals surface area (Å²) in [6, 6.07) is 8.45. The highest BCUT2D eigenvalue weighted by Gasteiger charge is 2.37. The summed E-state index contributed by atoms with van der Waals surface area (Å²) in [5.74, 6) is -0.770. The minimum atomic E-state index is -0.695. The minimum Gasteiger partial charge on any atom is -0.444 e. The Balaban J connectivity index is 1.65. The molecular formula is C20H27N5O4. The number of primary amides is 1. The molecule has 2 aliphatic heterocycles. The molecule has 1 unspecified atom stereocenters. The molecule has 0 saturated carbocycles. The minimum absolute atomic E-state index is 0.162. The van der Waals surface area contributed by atoms with E-state index >= 15 is 0 Å². The molecule has 2 heterocycles. The lowest BCUT2D eigenvalue weighted by Gasteiger charge is -2.35. The third-order valence-electron chi connectivity index (χ3n) is 4.72. The maximum absolute atomic E-state index is 12.9. The first-order valence-corrected chi connectivity index (χ1v) is 9.64. The fraction of sp³-hybridized carbons (Fsp3) is 0.500. The van der Waals surface area contributed by atoms with Gasteiger partial charge in [-0.15, -0.1) is 0 Å². The highest BCUT2D eigenvalue weighted by atomic mass is 16.6. The van der Waals surface area contributed by atoms with E-state index in [1.807, 2.05) is 51.1 Å². The molecular weight excluding hydrogens is 374 g/mol. The van der Waals surface area contributed by atoms with Crippen LogP contribution in [0.25, 0.3) is 0 Å². The van der Waals surface area contributed by atoms with Crippen molar-refractivity contribution in [3.63, 3.8) is 0 Å². The van der Waals surface area contributed by atoms with Crippen LogP contribution in [-0.4, -0.2) is 71.2 Å². The summed E-state index contributed by atoms with van der Waals surface area (Å²) in [6.45, 7) is 6.97. The Hall–Kier alpha value is -3.10. The van der Waals surface area contributed by atoms with Gasteiger partial charge in [0.2, 0.25) is 5.91 Å². The summed E-state index contributed by atoms with van der Waals surface area (Å²) < 4.78 is 5.38. The SMILES string of the molecule is CC(C)(C)OC(=O)N1CCN(C(=O)C2=NN(c3ccccc3)C(C(N)=O)C2)CC1. The maximum atomic E-state index is 12.9. The van der Waals surface area contributed by atoms with Gasteiger partial charge in [0.1, 0.15) is 17.4 Å². The van der Waals surface area contributed by atoms with Crippen LogP contribution in [0.2, 0.25) is 0 Å². The van der Waals surface area contributed by atoms with E-state index in [0.29, 0.717) is 37.6 Å². The lowest BCUT2D eigenvalue weighted by molar-refractivity contribution is -0.125. The number of para-hydroxylation sites is 1. The molecule has 29 heavy (non-hydrogen) atoms. The van der Waals surface area contributed by atoms with E-state index in [-0.39, 0.29) is 18.4 Å². The summed E-state index contributed by atoms with van der Waals surface area (Å²) in [4.78, 5) is 40.2. The number of benzene rings is 1. The first-order chi connectivity index (χ1) is 13.7. The van der Waals surface area contributed by atoms with Crippen LogP contribution in [0.1, 0.15) is 27.2 Å². The van der Waals surface area contributed by atoms with E-state index in [1.165, 1.54) is 5.01 Å². The van der Waals surface area contributed by atoms with Gasteiger partial charge in [-0.25, -0.2) is 4.79 Å². The standard InChI is InChI=1S/C20H27N5O4/c1-20(2,3)29-19(28)24-11-9-23(10-12-24)18(27)15-13-16(17(21)26)25(22-15)14-7-5-4-6-8-14/h4-8,16H,9-13H2,1-3H3,(H2,21,26). The molecule has 2 N–H and O–H groups in total. The lowest BCUT2D eigenvalue weighted by Crippen LogP contribution is -2.53.